The van der Waals surface area contributed by atoms with Crippen LogP contribution < -0.4 is 10.6 Å². The molecule has 2 rings (SSSR count). The Balaban J connectivity index is 0.00000338. The second-order valence-electron chi connectivity index (χ2n) is 7.08. The normalized spacial score (nSPS) is 13.9. The average Bonchev–Trinajstić information content (AvgIpc) is 2.61. The first-order valence-corrected chi connectivity index (χ1v) is 9.46. The summed E-state index contributed by atoms with van der Waals surface area (Å²) < 4.78 is 5.58. The van der Waals surface area contributed by atoms with Crippen LogP contribution in [0.25, 0.3) is 0 Å². The summed E-state index contributed by atoms with van der Waals surface area (Å²) in [4.78, 5) is 4.26. The smallest absolute Gasteiger partial charge is 0.191 e. The summed E-state index contributed by atoms with van der Waals surface area (Å²) in [7, 11) is 1.77. The molecule has 0 amide bonds. The largest absolute Gasteiger partial charge is 0.508 e. The molecule has 0 spiro atoms. The lowest BCUT2D eigenvalue weighted by molar-refractivity contribution is 0.108. The highest BCUT2D eigenvalue weighted by Crippen LogP contribution is 2.30. The van der Waals surface area contributed by atoms with Crippen LogP contribution in [0.5, 0.6) is 5.75 Å². The van der Waals surface area contributed by atoms with E-state index in [-0.39, 0.29) is 24.0 Å². The zero-order valence-electron chi connectivity index (χ0n) is 16.3. The summed E-state index contributed by atoms with van der Waals surface area (Å²) in [6, 6.07) is 3.89. The zero-order chi connectivity index (χ0) is 18.1. The van der Waals surface area contributed by atoms with Crippen LogP contribution in [0.4, 0.5) is 0 Å². The highest BCUT2D eigenvalue weighted by molar-refractivity contribution is 14.0. The van der Waals surface area contributed by atoms with Crippen LogP contribution in [0, 0.1) is 5.92 Å². The number of hydrogen-bond donors (Lipinski definition) is 3. The molecule has 0 fully saturated rings. The number of rotatable bonds is 8. The predicted octanol–water partition coefficient (Wildman–Crippen LogP) is 3.62. The van der Waals surface area contributed by atoms with E-state index in [9.17, 15) is 5.11 Å². The fourth-order valence-electron chi connectivity index (χ4n) is 3.18. The summed E-state index contributed by atoms with van der Waals surface area (Å²) in [5.41, 5.74) is 3.71. The maximum Gasteiger partial charge on any atom is 0.191 e. The van der Waals surface area contributed by atoms with Crippen molar-refractivity contribution in [3.63, 3.8) is 0 Å². The molecule has 0 aliphatic heterocycles. The molecule has 3 N–H and O–H groups in total. The first kappa shape index (κ1) is 23.0. The van der Waals surface area contributed by atoms with Crippen molar-refractivity contribution in [2.45, 2.75) is 52.5 Å². The Bertz CT molecular complexity index is 576. The SMILES string of the molecule is CN=C(NCCCOCC(C)C)NCc1c(O)ccc2c1CCCC2.I. The molecule has 0 unspecified atom stereocenters. The van der Waals surface area contributed by atoms with Gasteiger partial charge in [0.1, 0.15) is 5.75 Å². The van der Waals surface area contributed by atoms with Crippen molar-refractivity contribution in [2.75, 3.05) is 26.8 Å². The molecule has 26 heavy (non-hydrogen) atoms. The van der Waals surface area contributed by atoms with E-state index in [2.05, 4.69) is 35.5 Å². The molecule has 0 radical (unpaired) electrons. The number of hydrogen-bond acceptors (Lipinski definition) is 3. The van der Waals surface area contributed by atoms with Crippen LogP contribution in [0.15, 0.2) is 17.1 Å². The van der Waals surface area contributed by atoms with Gasteiger partial charge in [-0.2, -0.15) is 0 Å². The molecule has 0 saturated carbocycles. The second kappa shape index (κ2) is 12.4. The Morgan fingerprint density at radius 3 is 2.73 bits per heavy atom. The van der Waals surface area contributed by atoms with E-state index in [0.29, 0.717) is 18.2 Å². The molecule has 0 atom stereocenters. The van der Waals surface area contributed by atoms with Gasteiger partial charge in [-0.15, -0.1) is 24.0 Å². The molecular formula is C20H34IN3O2. The van der Waals surface area contributed by atoms with E-state index >= 15 is 0 Å². The molecule has 6 heteroatoms. The average molecular weight is 475 g/mol. The van der Waals surface area contributed by atoms with Crippen LogP contribution in [0.3, 0.4) is 0 Å². The van der Waals surface area contributed by atoms with E-state index in [4.69, 9.17) is 4.74 Å². The first-order valence-electron chi connectivity index (χ1n) is 9.46. The maximum atomic E-state index is 10.3. The van der Waals surface area contributed by atoms with Crippen molar-refractivity contribution >= 4 is 29.9 Å². The number of aliphatic imine (C=N–C) groups is 1. The second-order valence-corrected chi connectivity index (χ2v) is 7.08. The lowest BCUT2D eigenvalue weighted by atomic mass is 9.88. The van der Waals surface area contributed by atoms with Gasteiger partial charge in [0, 0.05) is 38.9 Å². The summed E-state index contributed by atoms with van der Waals surface area (Å²) >= 11 is 0. The Hall–Kier alpha value is -1.02. The Morgan fingerprint density at radius 2 is 2.00 bits per heavy atom. The number of ether oxygens (including phenoxy) is 1. The minimum absolute atomic E-state index is 0. The van der Waals surface area contributed by atoms with Gasteiger partial charge in [0.2, 0.25) is 0 Å². The molecule has 0 heterocycles. The van der Waals surface area contributed by atoms with Crippen LogP contribution >= 0.6 is 24.0 Å². The molecule has 1 aliphatic rings. The van der Waals surface area contributed by atoms with Crippen molar-refractivity contribution in [3.8, 4) is 5.75 Å². The van der Waals surface area contributed by atoms with E-state index in [1.54, 1.807) is 7.05 Å². The van der Waals surface area contributed by atoms with Gasteiger partial charge in [0.25, 0.3) is 0 Å². The summed E-state index contributed by atoms with van der Waals surface area (Å²) in [5.74, 6) is 1.72. The topological polar surface area (TPSA) is 65.9 Å². The van der Waals surface area contributed by atoms with Crippen molar-refractivity contribution in [1.29, 1.82) is 0 Å². The third-order valence-corrected chi connectivity index (χ3v) is 4.49. The molecule has 0 bridgehead atoms. The molecule has 1 aromatic carbocycles. The van der Waals surface area contributed by atoms with E-state index in [0.717, 1.165) is 50.5 Å². The monoisotopic (exact) mass is 475 g/mol. The molecule has 0 aromatic heterocycles. The van der Waals surface area contributed by atoms with Gasteiger partial charge in [-0.05, 0) is 55.2 Å². The van der Waals surface area contributed by atoms with Gasteiger partial charge in [0.15, 0.2) is 5.96 Å². The van der Waals surface area contributed by atoms with Gasteiger partial charge >= 0.3 is 0 Å². The predicted molar refractivity (Wildman–Crippen MR) is 119 cm³/mol. The van der Waals surface area contributed by atoms with E-state index in [1.165, 1.54) is 24.0 Å². The fourth-order valence-corrected chi connectivity index (χ4v) is 3.18. The highest BCUT2D eigenvalue weighted by Gasteiger charge is 2.16. The number of nitrogens with one attached hydrogen (secondary N) is 2. The van der Waals surface area contributed by atoms with Crippen LogP contribution in [0.1, 0.15) is 49.8 Å². The number of fused-ring (bicyclic) bond motifs is 1. The summed E-state index contributed by atoms with van der Waals surface area (Å²) in [5, 5.41) is 16.9. The molecule has 0 saturated heterocycles. The van der Waals surface area contributed by atoms with Crippen molar-refractivity contribution in [2.24, 2.45) is 10.9 Å². The Kier molecular flexibility index (Phi) is 11.0. The standard InChI is InChI=1S/C20H33N3O2.HI/c1-15(2)14-25-12-6-11-22-20(21-3)23-13-18-17-8-5-4-7-16(17)9-10-19(18)24;/h9-10,15,24H,4-8,11-14H2,1-3H3,(H2,21,22,23);1H. The Morgan fingerprint density at radius 1 is 1.23 bits per heavy atom. The number of nitrogens with zero attached hydrogens (tertiary/aromatic N) is 1. The fraction of sp³-hybridized carbons (Fsp3) is 0.650. The summed E-state index contributed by atoms with van der Waals surface area (Å²) in [6.45, 7) is 7.29. The van der Waals surface area contributed by atoms with Crippen LogP contribution in [-0.4, -0.2) is 37.9 Å². The quantitative estimate of drug-likeness (QED) is 0.233. The summed E-state index contributed by atoms with van der Waals surface area (Å²) in [6.07, 6.45) is 5.56. The van der Waals surface area contributed by atoms with Crippen molar-refractivity contribution in [1.82, 2.24) is 10.6 Å². The van der Waals surface area contributed by atoms with Crippen LogP contribution in [0.2, 0.25) is 0 Å². The number of aryl methyl sites for hydroxylation is 1. The number of phenolic OH excluding ortho intramolecular Hbond substituents is 1. The highest BCUT2D eigenvalue weighted by atomic mass is 127. The lowest BCUT2D eigenvalue weighted by Crippen LogP contribution is -2.37. The molecular weight excluding hydrogens is 441 g/mol. The van der Waals surface area contributed by atoms with Crippen molar-refractivity contribution in [3.05, 3.63) is 28.8 Å². The zero-order valence-corrected chi connectivity index (χ0v) is 18.6. The molecule has 1 aliphatic carbocycles. The number of halogens is 1. The number of benzene rings is 1. The molecule has 148 valence electrons. The maximum absolute atomic E-state index is 10.3. The Labute approximate surface area is 175 Å². The minimum atomic E-state index is 0. The lowest BCUT2D eigenvalue weighted by Gasteiger charge is -2.21. The molecule has 5 nitrogen and oxygen atoms in total. The first-order chi connectivity index (χ1) is 12.1. The van der Waals surface area contributed by atoms with Crippen molar-refractivity contribution < 1.29 is 9.84 Å². The van der Waals surface area contributed by atoms with E-state index < -0.39 is 0 Å². The third-order valence-electron chi connectivity index (χ3n) is 4.49. The molecule has 1 aromatic rings. The van der Waals surface area contributed by atoms with Gasteiger partial charge in [-0.25, -0.2) is 0 Å². The van der Waals surface area contributed by atoms with E-state index in [1.807, 2.05) is 6.07 Å². The number of phenols is 1. The van der Waals surface area contributed by atoms with Gasteiger partial charge in [0.05, 0.1) is 0 Å². The minimum Gasteiger partial charge on any atom is -0.508 e. The van der Waals surface area contributed by atoms with Crippen LogP contribution in [-0.2, 0) is 24.1 Å². The third kappa shape index (κ3) is 7.31. The van der Waals surface area contributed by atoms with Gasteiger partial charge in [-0.1, -0.05) is 19.9 Å². The van der Waals surface area contributed by atoms with Gasteiger partial charge in [-0.3, -0.25) is 4.99 Å². The van der Waals surface area contributed by atoms with Gasteiger partial charge < -0.3 is 20.5 Å². The number of guanidine groups is 1. The number of aromatic hydroxyl groups is 1.